The van der Waals surface area contributed by atoms with E-state index in [0.29, 0.717) is 5.95 Å². The molecular formula is C12H8N4O3S. The lowest BCUT2D eigenvalue weighted by molar-refractivity contribution is -0.380. The molecule has 0 spiro atoms. The lowest BCUT2D eigenvalue weighted by Gasteiger charge is -1.97. The highest BCUT2D eigenvalue weighted by Crippen LogP contribution is 2.24. The van der Waals surface area contributed by atoms with Gasteiger partial charge >= 0.3 is 5.00 Å². The minimum atomic E-state index is -0.525. The van der Waals surface area contributed by atoms with Crippen molar-refractivity contribution in [3.63, 3.8) is 0 Å². The molecule has 0 aliphatic carbocycles. The van der Waals surface area contributed by atoms with Gasteiger partial charge in [-0.3, -0.25) is 20.2 Å². The summed E-state index contributed by atoms with van der Waals surface area (Å²) in [5.41, 5.74) is 1.54. The zero-order valence-corrected chi connectivity index (χ0v) is 10.8. The molecule has 20 heavy (non-hydrogen) atoms. The summed E-state index contributed by atoms with van der Waals surface area (Å²) in [6.07, 6.45) is 0. The Morgan fingerprint density at radius 1 is 1.30 bits per heavy atom. The molecule has 2 N–H and O–H groups in total. The number of anilines is 1. The van der Waals surface area contributed by atoms with Gasteiger partial charge in [-0.15, -0.1) is 0 Å². The molecule has 0 aliphatic heterocycles. The molecule has 0 bridgehead atoms. The summed E-state index contributed by atoms with van der Waals surface area (Å²) in [6, 6.07) is 10.1. The van der Waals surface area contributed by atoms with Crippen molar-refractivity contribution in [2.75, 3.05) is 5.32 Å². The van der Waals surface area contributed by atoms with Gasteiger partial charge in [0.25, 0.3) is 5.91 Å². The number of amides is 1. The van der Waals surface area contributed by atoms with Crippen LogP contribution in [0.25, 0.3) is 11.0 Å². The first-order chi connectivity index (χ1) is 9.63. The minimum absolute atomic E-state index is 0.0697. The summed E-state index contributed by atoms with van der Waals surface area (Å²) in [5, 5.41) is 13.1. The Hall–Kier alpha value is -2.74. The number of thiophene rings is 1. The van der Waals surface area contributed by atoms with Crippen LogP contribution in [0.3, 0.4) is 0 Å². The molecule has 7 nitrogen and oxygen atoms in total. The van der Waals surface area contributed by atoms with Crippen LogP contribution < -0.4 is 5.32 Å². The van der Waals surface area contributed by atoms with Crippen molar-refractivity contribution in [3.05, 3.63) is 51.4 Å². The van der Waals surface area contributed by atoms with E-state index < -0.39 is 10.8 Å². The lowest BCUT2D eigenvalue weighted by atomic mass is 10.3. The van der Waals surface area contributed by atoms with Gasteiger partial charge in [0, 0.05) is 6.07 Å². The van der Waals surface area contributed by atoms with Crippen LogP contribution in [0.1, 0.15) is 9.67 Å². The number of fused-ring (bicyclic) bond motifs is 1. The molecule has 0 saturated heterocycles. The van der Waals surface area contributed by atoms with Crippen LogP contribution in [0.15, 0.2) is 36.4 Å². The predicted octanol–water partition coefficient (Wildman–Crippen LogP) is 2.78. The fourth-order valence-corrected chi connectivity index (χ4v) is 2.44. The van der Waals surface area contributed by atoms with Crippen LogP contribution in [0.4, 0.5) is 10.9 Å². The molecule has 8 heteroatoms. The monoisotopic (exact) mass is 288 g/mol. The van der Waals surface area contributed by atoms with Crippen molar-refractivity contribution in [1.29, 1.82) is 0 Å². The maximum absolute atomic E-state index is 11.9. The third kappa shape index (κ3) is 2.24. The number of nitrogens with one attached hydrogen (secondary N) is 2. The lowest BCUT2D eigenvalue weighted by Crippen LogP contribution is -2.11. The molecule has 100 valence electrons. The van der Waals surface area contributed by atoms with Crippen LogP contribution in [0.5, 0.6) is 0 Å². The number of carbonyl (C=O) groups excluding carboxylic acids is 1. The largest absolute Gasteiger partial charge is 0.324 e. The van der Waals surface area contributed by atoms with Crippen molar-refractivity contribution in [1.82, 2.24) is 9.97 Å². The Morgan fingerprint density at radius 2 is 2.10 bits per heavy atom. The van der Waals surface area contributed by atoms with Crippen LogP contribution in [-0.4, -0.2) is 20.8 Å². The number of para-hydroxylation sites is 2. The van der Waals surface area contributed by atoms with E-state index in [9.17, 15) is 14.9 Å². The van der Waals surface area contributed by atoms with Crippen LogP contribution >= 0.6 is 11.3 Å². The number of carbonyl (C=O) groups is 1. The van der Waals surface area contributed by atoms with Crippen LogP contribution in [0, 0.1) is 10.1 Å². The van der Waals surface area contributed by atoms with Crippen molar-refractivity contribution in [2.45, 2.75) is 0 Å². The van der Waals surface area contributed by atoms with E-state index in [2.05, 4.69) is 15.3 Å². The van der Waals surface area contributed by atoms with Gasteiger partial charge in [-0.05, 0) is 18.2 Å². The summed E-state index contributed by atoms with van der Waals surface area (Å²) in [6.45, 7) is 0. The highest BCUT2D eigenvalue weighted by atomic mass is 32.1. The van der Waals surface area contributed by atoms with Gasteiger partial charge in [-0.25, -0.2) is 4.98 Å². The van der Waals surface area contributed by atoms with E-state index in [1.807, 2.05) is 24.3 Å². The molecule has 1 amide bonds. The minimum Gasteiger partial charge on any atom is -0.324 e. The number of rotatable bonds is 3. The summed E-state index contributed by atoms with van der Waals surface area (Å²) in [5.74, 6) is -0.116. The van der Waals surface area contributed by atoms with Gasteiger partial charge in [-0.1, -0.05) is 23.5 Å². The molecule has 0 saturated carbocycles. The van der Waals surface area contributed by atoms with Crippen LogP contribution in [-0.2, 0) is 0 Å². The molecule has 0 aliphatic rings. The average Bonchev–Trinajstić information content (AvgIpc) is 3.04. The number of aromatic amines is 1. The number of imidazole rings is 1. The summed E-state index contributed by atoms with van der Waals surface area (Å²) < 4.78 is 0. The molecule has 2 aromatic heterocycles. The van der Waals surface area contributed by atoms with E-state index in [-0.39, 0.29) is 9.88 Å². The molecule has 3 aromatic rings. The summed E-state index contributed by atoms with van der Waals surface area (Å²) >= 11 is 0.822. The molecule has 0 unspecified atom stereocenters. The molecule has 0 fully saturated rings. The third-order valence-corrected chi connectivity index (χ3v) is 3.65. The Balaban J connectivity index is 1.82. The zero-order chi connectivity index (χ0) is 14.1. The topological polar surface area (TPSA) is 101 Å². The first kappa shape index (κ1) is 12.3. The number of hydrogen-bond acceptors (Lipinski definition) is 5. The molecular weight excluding hydrogens is 280 g/mol. The van der Waals surface area contributed by atoms with E-state index in [4.69, 9.17) is 0 Å². The number of benzene rings is 1. The first-order valence-corrected chi connectivity index (χ1v) is 6.45. The fourth-order valence-electron chi connectivity index (χ4n) is 1.73. The SMILES string of the molecule is O=C(Nc1nc2ccccc2[nH]1)c1ccc([N+](=O)[O-])s1. The smallest absolute Gasteiger partial charge is 0.324 e. The third-order valence-electron chi connectivity index (χ3n) is 2.62. The van der Waals surface area contributed by atoms with Gasteiger partial charge in [-0.2, -0.15) is 0 Å². The van der Waals surface area contributed by atoms with E-state index >= 15 is 0 Å². The molecule has 2 heterocycles. The maximum atomic E-state index is 11.9. The number of hydrogen-bond donors (Lipinski definition) is 2. The number of nitrogens with zero attached hydrogens (tertiary/aromatic N) is 2. The van der Waals surface area contributed by atoms with Crippen molar-refractivity contribution >= 4 is 39.2 Å². The van der Waals surface area contributed by atoms with Gasteiger partial charge in [0.1, 0.15) is 0 Å². The second-order valence-corrected chi connectivity index (χ2v) is 5.01. The van der Waals surface area contributed by atoms with E-state index in [0.717, 1.165) is 22.4 Å². The predicted molar refractivity (Wildman–Crippen MR) is 75.0 cm³/mol. The highest BCUT2D eigenvalue weighted by Gasteiger charge is 2.16. The van der Waals surface area contributed by atoms with E-state index in [1.54, 1.807) is 0 Å². The standard InChI is InChI=1S/C12H8N4O3S/c17-11(9-5-6-10(20-9)16(18)19)15-12-13-7-3-1-2-4-8(7)14-12/h1-6H,(H2,13,14,15,17). The molecule has 3 rings (SSSR count). The normalized spacial score (nSPS) is 10.6. The second kappa shape index (κ2) is 4.74. The first-order valence-electron chi connectivity index (χ1n) is 5.64. The van der Waals surface area contributed by atoms with Gasteiger partial charge in [0.15, 0.2) is 0 Å². The Labute approximate surface area is 116 Å². The van der Waals surface area contributed by atoms with Gasteiger partial charge in [0.2, 0.25) is 5.95 Å². The second-order valence-electron chi connectivity index (χ2n) is 3.95. The molecule has 0 radical (unpaired) electrons. The van der Waals surface area contributed by atoms with Crippen molar-refractivity contribution in [2.24, 2.45) is 0 Å². The summed E-state index contributed by atoms with van der Waals surface area (Å²) in [7, 11) is 0. The Bertz CT molecular complexity index is 775. The van der Waals surface area contributed by atoms with Crippen LogP contribution in [0.2, 0.25) is 0 Å². The highest BCUT2D eigenvalue weighted by molar-refractivity contribution is 7.17. The van der Waals surface area contributed by atoms with Crippen molar-refractivity contribution < 1.29 is 9.72 Å². The number of H-pyrrole nitrogens is 1. The average molecular weight is 288 g/mol. The Morgan fingerprint density at radius 3 is 2.80 bits per heavy atom. The van der Waals surface area contributed by atoms with Gasteiger partial charge < -0.3 is 4.98 Å². The molecule has 0 atom stereocenters. The van der Waals surface area contributed by atoms with E-state index in [1.165, 1.54) is 12.1 Å². The summed E-state index contributed by atoms with van der Waals surface area (Å²) in [4.78, 5) is 29.4. The number of nitro groups is 1. The van der Waals surface area contributed by atoms with Gasteiger partial charge in [0.05, 0.1) is 20.8 Å². The Kier molecular flexibility index (Phi) is 2.92. The van der Waals surface area contributed by atoms with Crippen molar-refractivity contribution in [3.8, 4) is 0 Å². The maximum Gasteiger partial charge on any atom is 0.324 e. The number of aromatic nitrogens is 2. The fraction of sp³-hybridized carbons (Fsp3) is 0. The zero-order valence-electron chi connectivity index (χ0n) is 9.99. The quantitative estimate of drug-likeness (QED) is 0.571. The molecule has 1 aromatic carbocycles.